The van der Waals surface area contributed by atoms with Crippen molar-refractivity contribution in [3.8, 4) is 0 Å². The molecule has 0 aliphatic rings. The number of pyridine rings is 1. The standard InChI is InChI=1S/C20H16N4O4S/c25-24(26)18-10-4-5-11-19(18)29(27,28)23(16-8-2-1-3-9-16)15-17-14-21-20-12-6-7-13-22(17)20/h1-14H,15H2. The van der Waals surface area contributed by atoms with Crippen molar-refractivity contribution in [1.29, 1.82) is 0 Å². The van der Waals surface area contributed by atoms with Crippen LogP contribution in [0.15, 0.2) is 90.1 Å². The van der Waals surface area contributed by atoms with E-state index in [4.69, 9.17) is 0 Å². The van der Waals surface area contributed by atoms with Crippen LogP contribution in [0.3, 0.4) is 0 Å². The predicted molar refractivity (Wildman–Crippen MR) is 108 cm³/mol. The maximum atomic E-state index is 13.5. The second-order valence-electron chi connectivity index (χ2n) is 6.25. The number of rotatable bonds is 6. The smallest absolute Gasteiger partial charge is 0.289 e. The Kier molecular flexibility index (Phi) is 4.73. The van der Waals surface area contributed by atoms with Gasteiger partial charge in [0.2, 0.25) is 0 Å². The Morgan fingerprint density at radius 3 is 2.41 bits per heavy atom. The Labute approximate surface area is 166 Å². The quantitative estimate of drug-likeness (QED) is 0.358. The minimum Gasteiger partial charge on any atom is -0.302 e. The summed E-state index contributed by atoms with van der Waals surface area (Å²) in [5.41, 5.74) is 1.24. The molecule has 4 rings (SSSR count). The number of benzene rings is 2. The van der Waals surface area contributed by atoms with Crippen LogP contribution in [0.25, 0.3) is 5.65 Å². The van der Waals surface area contributed by atoms with E-state index < -0.39 is 20.6 Å². The van der Waals surface area contributed by atoms with Gasteiger partial charge in [0, 0.05) is 12.3 Å². The highest BCUT2D eigenvalue weighted by molar-refractivity contribution is 7.93. The lowest BCUT2D eigenvalue weighted by molar-refractivity contribution is -0.387. The number of imidazole rings is 1. The van der Waals surface area contributed by atoms with Crippen LogP contribution in [-0.2, 0) is 16.6 Å². The van der Waals surface area contributed by atoms with E-state index in [0.717, 1.165) is 4.31 Å². The van der Waals surface area contributed by atoms with Crippen LogP contribution in [0, 0.1) is 10.1 Å². The zero-order valence-electron chi connectivity index (χ0n) is 15.1. The molecule has 146 valence electrons. The van der Waals surface area contributed by atoms with E-state index in [1.165, 1.54) is 24.3 Å². The summed E-state index contributed by atoms with van der Waals surface area (Å²) >= 11 is 0. The molecule has 8 nitrogen and oxygen atoms in total. The molecule has 9 heteroatoms. The van der Waals surface area contributed by atoms with Gasteiger partial charge in [0.25, 0.3) is 15.7 Å². The molecule has 4 aromatic rings. The first kappa shape index (κ1) is 18.6. The summed E-state index contributed by atoms with van der Waals surface area (Å²) in [6.07, 6.45) is 3.39. The first-order valence-electron chi connectivity index (χ1n) is 8.70. The Morgan fingerprint density at radius 2 is 1.66 bits per heavy atom. The molecule has 0 saturated carbocycles. The van der Waals surface area contributed by atoms with Gasteiger partial charge in [-0.1, -0.05) is 36.4 Å². The normalized spacial score (nSPS) is 11.4. The molecule has 0 radical (unpaired) electrons. The van der Waals surface area contributed by atoms with E-state index in [0.29, 0.717) is 17.0 Å². The second-order valence-corrected chi connectivity index (χ2v) is 8.08. The minimum atomic E-state index is -4.22. The van der Waals surface area contributed by atoms with Crippen LogP contribution in [0.2, 0.25) is 0 Å². The van der Waals surface area contributed by atoms with Crippen molar-refractivity contribution in [2.75, 3.05) is 4.31 Å². The molecule has 2 aromatic heterocycles. The van der Waals surface area contributed by atoms with Crippen molar-refractivity contribution in [1.82, 2.24) is 9.38 Å². The van der Waals surface area contributed by atoms with E-state index >= 15 is 0 Å². The van der Waals surface area contributed by atoms with Crippen molar-refractivity contribution in [3.63, 3.8) is 0 Å². The third kappa shape index (κ3) is 3.43. The van der Waals surface area contributed by atoms with Crippen molar-refractivity contribution in [2.45, 2.75) is 11.4 Å². The number of hydrogen-bond acceptors (Lipinski definition) is 5. The highest BCUT2D eigenvalue weighted by Crippen LogP contribution is 2.31. The molecule has 0 spiro atoms. The van der Waals surface area contributed by atoms with Crippen LogP contribution in [0.5, 0.6) is 0 Å². The molecule has 0 atom stereocenters. The molecule has 0 unspecified atom stereocenters. The average Bonchev–Trinajstić information content (AvgIpc) is 3.15. The first-order valence-corrected chi connectivity index (χ1v) is 10.1. The van der Waals surface area contributed by atoms with Crippen LogP contribution < -0.4 is 4.31 Å². The lowest BCUT2D eigenvalue weighted by Gasteiger charge is -2.24. The van der Waals surface area contributed by atoms with Crippen molar-refractivity contribution in [3.05, 3.63) is 101 Å². The lowest BCUT2D eigenvalue weighted by atomic mass is 10.3. The number of sulfonamides is 1. The number of fused-ring (bicyclic) bond motifs is 1. The van der Waals surface area contributed by atoms with Gasteiger partial charge in [-0.25, -0.2) is 13.4 Å². The topological polar surface area (TPSA) is 97.8 Å². The van der Waals surface area contributed by atoms with Gasteiger partial charge in [-0.05, 0) is 30.3 Å². The lowest BCUT2D eigenvalue weighted by Crippen LogP contribution is -2.31. The van der Waals surface area contributed by atoms with Gasteiger partial charge < -0.3 is 4.40 Å². The number of anilines is 1. The fraction of sp³-hybridized carbons (Fsp3) is 0.0500. The van der Waals surface area contributed by atoms with Crippen LogP contribution in [-0.4, -0.2) is 22.7 Å². The molecule has 0 saturated heterocycles. The molecule has 0 aliphatic heterocycles. The average molecular weight is 408 g/mol. The van der Waals surface area contributed by atoms with Crippen LogP contribution >= 0.6 is 0 Å². The zero-order valence-corrected chi connectivity index (χ0v) is 15.9. The van der Waals surface area contributed by atoms with E-state index in [-0.39, 0.29) is 11.4 Å². The summed E-state index contributed by atoms with van der Waals surface area (Å²) in [6.45, 7) is -0.0381. The highest BCUT2D eigenvalue weighted by atomic mass is 32.2. The predicted octanol–water partition coefficient (Wildman–Crippen LogP) is 3.64. The molecule has 0 aliphatic carbocycles. The number of para-hydroxylation sites is 2. The monoisotopic (exact) mass is 408 g/mol. The summed E-state index contributed by atoms with van der Waals surface area (Å²) in [4.78, 5) is 14.7. The Balaban J connectivity index is 1.87. The minimum absolute atomic E-state index is 0.0381. The summed E-state index contributed by atoms with van der Waals surface area (Å²) in [5.74, 6) is 0. The van der Waals surface area contributed by atoms with Gasteiger partial charge in [-0.2, -0.15) is 0 Å². The fourth-order valence-corrected chi connectivity index (χ4v) is 4.70. The molecular formula is C20H16N4O4S. The third-order valence-corrected chi connectivity index (χ3v) is 6.29. The Hall–Kier alpha value is -3.72. The van der Waals surface area contributed by atoms with Gasteiger partial charge >= 0.3 is 0 Å². The van der Waals surface area contributed by atoms with Gasteiger partial charge in [0.15, 0.2) is 4.90 Å². The second kappa shape index (κ2) is 7.36. The molecule has 2 heterocycles. The van der Waals surface area contributed by atoms with Crippen LogP contribution in [0.4, 0.5) is 11.4 Å². The van der Waals surface area contributed by atoms with Crippen molar-refractivity contribution < 1.29 is 13.3 Å². The molecule has 2 aromatic carbocycles. The number of nitrogens with zero attached hydrogens (tertiary/aromatic N) is 4. The number of aromatic nitrogens is 2. The van der Waals surface area contributed by atoms with Crippen molar-refractivity contribution >= 4 is 27.0 Å². The summed E-state index contributed by atoms with van der Waals surface area (Å²) < 4.78 is 30.0. The van der Waals surface area contributed by atoms with Gasteiger partial charge in [-0.15, -0.1) is 0 Å². The number of nitro benzene ring substituents is 1. The Bertz CT molecular complexity index is 1290. The number of nitro groups is 1. The molecule has 0 N–H and O–H groups in total. The zero-order chi connectivity index (χ0) is 20.4. The highest BCUT2D eigenvalue weighted by Gasteiger charge is 2.32. The fourth-order valence-electron chi connectivity index (χ4n) is 3.10. The van der Waals surface area contributed by atoms with Gasteiger partial charge in [0.1, 0.15) is 5.65 Å². The Morgan fingerprint density at radius 1 is 0.966 bits per heavy atom. The third-order valence-electron chi connectivity index (χ3n) is 4.47. The van der Waals surface area contributed by atoms with E-state index in [1.807, 2.05) is 18.2 Å². The maximum Gasteiger partial charge on any atom is 0.289 e. The largest absolute Gasteiger partial charge is 0.302 e. The van der Waals surface area contributed by atoms with Gasteiger partial charge in [-0.3, -0.25) is 14.4 Å². The maximum absolute atomic E-state index is 13.5. The molecule has 0 bridgehead atoms. The molecule has 29 heavy (non-hydrogen) atoms. The molecular weight excluding hydrogens is 392 g/mol. The summed E-state index contributed by atoms with van der Waals surface area (Å²) in [5, 5.41) is 11.4. The van der Waals surface area contributed by atoms with E-state index in [9.17, 15) is 18.5 Å². The summed E-state index contributed by atoms with van der Waals surface area (Å²) in [7, 11) is -4.22. The SMILES string of the molecule is O=[N+]([O-])c1ccccc1S(=O)(=O)N(Cc1cnc2ccccn12)c1ccccc1. The van der Waals surface area contributed by atoms with Crippen molar-refractivity contribution in [2.24, 2.45) is 0 Å². The van der Waals surface area contributed by atoms with E-state index in [1.54, 1.807) is 47.1 Å². The molecule has 0 fully saturated rings. The summed E-state index contributed by atoms with van der Waals surface area (Å²) in [6, 6.07) is 19.3. The number of hydrogen-bond donors (Lipinski definition) is 0. The van der Waals surface area contributed by atoms with Crippen LogP contribution in [0.1, 0.15) is 5.69 Å². The van der Waals surface area contributed by atoms with E-state index in [2.05, 4.69) is 4.98 Å². The van der Waals surface area contributed by atoms with Gasteiger partial charge in [0.05, 0.1) is 29.0 Å². The first-order chi connectivity index (χ1) is 14.0. The molecule has 0 amide bonds.